The molecule has 0 bridgehead atoms. The SMILES string of the molecule is COc1cc(C=C2SC(=O)N(Cc3c(F)cccc3Cl)C2=O)ccc1OCC(=O)Nc1cccc(C)c1. The summed E-state index contributed by atoms with van der Waals surface area (Å²) in [5.41, 5.74) is 2.33. The number of carbonyl (C=O) groups is 3. The number of benzene rings is 3. The van der Waals surface area contributed by atoms with Crippen molar-refractivity contribution >= 4 is 52.2 Å². The predicted molar refractivity (Wildman–Crippen MR) is 141 cm³/mol. The summed E-state index contributed by atoms with van der Waals surface area (Å²) in [5, 5.41) is 2.37. The van der Waals surface area contributed by atoms with E-state index in [2.05, 4.69) is 5.32 Å². The molecule has 190 valence electrons. The van der Waals surface area contributed by atoms with Gasteiger partial charge >= 0.3 is 0 Å². The Kier molecular flexibility index (Phi) is 8.15. The zero-order chi connectivity index (χ0) is 26.5. The third kappa shape index (κ3) is 6.31. The Labute approximate surface area is 222 Å². The van der Waals surface area contributed by atoms with Crippen LogP contribution >= 0.6 is 23.4 Å². The van der Waals surface area contributed by atoms with Crippen molar-refractivity contribution in [2.24, 2.45) is 0 Å². The van der Waals surface area contributed by atoms with E-state index in [1.54, 1.807) is 24.3 Å². The zero-order valence-electron chi connectivity index (χ0n) is 19.9. The molecule has 10 heteroatoms. The molecule has 3 amide bonds. The Hall–Kier alpha value is -3.82. The molecule has 1 fully saturated rings. The van der Waals surface area contributed by atoms with Crippen LogP contribution in [0, 0.1) is 12.7 Å². The molecule has 1 aliphatic heterocycles. The lowest BCUT2D eigenvalue weighted by Crippen LogP contribution is -2.28. The Bertz CT molecular complexity index is 1390. The Morgan fingerprint density at radius 1 is 1.11 bits per heavy atom. The fourth-order valence-corrected chi connectivity index (χ4v) is 4.65. The largest absolute Gasteiger partial charge is 0.493 e. The van der Waals surface area contributed by atoms with E-state index in [1.807, 2.05) is 25.1 Å². The second kappa shape index (κ2) is 11.5. The van der Waals surface area contributed by atoms with Gasteiger partial charge in [0.15, 0.2) is 18.1 Å². The van der Waals surface area contributed by atoms with Crippen molar-refractivity contribution in [2.75, 3.05) is 19.0 Å². The van der Waals surface area contributed by atoms with Gasteiger partial charge in [-0.3, -0.25) is 19.3 Å². The second-order valence-electron chi connectivity index (χ2n) is 8.08. The van der Waals surface area contributed by atoms with Gasteiger partial charge in [0.05, 0.1) is 18.6 Å². The number of thioether (sulfide) groups is 1. The summed E-state index contributed by atoms with van der Waals surface area (Å²) in [6.07, 6.45) is 1.53. The normalized spacial score (nSPS) is 14.3. The quantitative estimate of drug-likeness (QED) is 0.350. The van der Waals surface area contributed by atoms with E-state index in [9.17, 15) is 18.8 Å². The smallest absolute Gasteiger partial charge is 0.293 e. The highest BCUT2D eigenvalue weighted by molar-refractivity contribution is 8.18. The van der Waals surface area contributed by atoms with E-state index in [0.29, 0.717) is 22.7 Å². The fraction of sp³-hybridized carbons (Fsp3) is 0.148. The lowest BCUT2D eigenvalue weighted by atomic mass is 10.1. The number of hydrogen-bond donors (Lipinski definition) is 1. The minimum absolute atomic E-state index is 0.0716. The average Bonchev–Trinajstić information content (AvgIpc) is 3.12. The van der Waals surface area contributed by atoms with Crippen LogP contribution in [0.25, 0.3) is 6.08 Å². The van der Waals surface area contributed by atoms with Crippen molar-refractivity contribution in [1.29, 1.82) is 0 Å². The van der Waals surface area contributed by atoms with Crippen LogP contribution < -0.4 is 14.8 Å². The number of rotatable bonds is 8. The lowest BCUT2D eigenvalue weighted by Gasteiger charge is -2.14. The molecule has 0 saturated carbocycles. The van der Waals surface area contributed by atoms with Crippen molar-refractivity contribution in [3.63, 3.8) is 0 Å². The molecular formula is C27H22ClFN2O5S. The minimum atomic E-state index is -0.594. The van der Waals surface area contributed by atoms with Crippen molar-refractivity contribution < 1.29 is 28.2 Å². The van der Waals surface area contributed by atoms with Gasteiger partial charge in [-0.2, -0.15) is 0 Å². The lowest BCUT2D eigenvalue weighted by molar-refractivity contribution is -0.123. The molecular weight excluding hydrogens is 519 g/mol. The van der Waals surface area contributed by atoms with Crippen molar-refractivity contribution in [1.82, 2.24) is 4.90 Å². The van der Waals surface area contributed by atoms with E-state index in [4.69, 9.17) is 21.1 Å². The summed E-state index contributed by atoms with van der Waals surface area (Å²) >= 11 is 6.80. The van der Waals surface area contributed by atoms with Gasteiger partial charge in [0.1, 0.15) is 5.82 Å². The monoisotopic (exact) mass is 540 g/mol. The van der Waals surface area contributed by atoms with Crippen molar-refractivity contribution in [3.05, 3.63) is 93.1 Å². The number of ether oxygens (including phenoxy) is 2. The number of nitrogens with zero attached hydrogens (tertiary/aromatic N) is 1. The maximum atomic E-state index is 14.2. The molecule has 0 unspecified atom stereocenters. The molecule has 0 aliphatic carbocycles. The molecule has 0 radical (unpaired) electrons. The molecule has 1 aliphatic rings. The van der Waals surface area contributed by atoms with Crippen LogP contribution in [0.4, 0.5) is 14.9 Å². The van der Waals surface area contributed by atoms with Crippen LogP contribution in [0.3, 0.4) is 0 Å². The molecule has 1 saturated heterocycles. The van der Waals surface area contributed by atoms with Gasteiger partial charge in [0, 0.05) is 16.3 Å². The first kappa shape index (κ1) is 26.2. The molecule has 4 rings (SSSR count). The predicted octanol–water partition coefficient (Wildman–Crippen LogP) is 6.05. The molecule has 3 aromatic rings. The number of carbonyl (C=O) groups excluding carboxylic acids is 3. The zero-order valence-corrected chi connectivity index (χ0v) is 21.5. The summed E-state index contributed by atoms with van der Waals surface area (Å²) in [6.45, 7) is 1.42. The molecule has 1 N–H and O–H groups in total. The number of halogens is 2. The average molecular weight is 541 g/mol. The molecule has 0 aromatic heterocycles. The fourth-order valence-electron chi connectivity index (χ4n) is 3.59. The van der Waals surface area contributed by atoms with Crippen LogP contribution in [0.2, 0.25) is 5.02 Å². The number of anilines is 1. The minimum Gasteiger partial charge on any atom is -0.493 e. The van der Waals surface area contributed by atoms with Gasteiger partial charge in [0.2, 0.25) is 0 Å². The van der Waals surface area contributed by atoms with Gasteiger partial charge in [-0.05, 0) is 72.3 Å². The summed E-state index contributed by atoms with van der Waals surface area (Å²) in [5.74, 6) is -0.805. The van der Waals surface area contributed by atoms with Crippen LogP contribution in [0.15, 0.2) is 65.6 Å². The third-order valence-electron chi connectivity index (χ3n) is 5.40. The van der Waals surface area contributed by atoms with Crippen LogP contribution in [0.5, 0.6) is 11.5 Å². The topological polar surface area (TPSA) is 84.9 Å². The highest BCUT2D eigenvalue weighted by atomic mass is 35.5. The number of hydrogen-bond acceptors (Lipinski definition) is 6. The first-order valence-electron chi connectivity index (χ1n) is 11.1. The highest BCUT2D eigenvalue weighted by Crippen LogP contribution is 2.36. The van der Waals surface area contributed by atoms with E-state index < -0.39 is 17.0 Å². The maximum Gasteiger partial charge on any atom is 0.293 e. The Morgan fingerprint density at radius 2 is 1.89 bits per heavy atom. The van der Waals surface area contributed by atoms with E-state index in [0.717, 1.165) is 22.2 Å². The third-order valence-corrected chi connectivity index (χ3v) is 6.66. The summed E-state index contributed by atoms with van der Waals surface area (Å²) in [4.78, 5) is 38.7. The molecule has 1 heterocycles. The van der Waals surface area contributed by atoms with E-state index in [1.165, 1.54) is 31.4 Å². The molecule has 37 heavy (non-hydrogen) atoms. The molecule has 0 atom stereocenters. The highest BCUT2D eigenvalue weighted by Gasteiger charge is 2.36. The number of imide groups is 1. The van der Waals surface area contributed by atoms with E-state index in [-0.39, 0.29) is 34.6 Å². The Morgan fingerprint density at radius 3 is 2.62 bits per heavy atom. The Balaban J connectivity index is 1.44. The summed E-state index contributed by atoms with van der Waals surface area (Å²) < 4.78 is 25.2. The number of aryl methyl sites for hydroxylation is 1. The number of amides is 3. The number of nitrogens with one attached hydrogen (secondary N) is 1. The van der Waals surface area contributed by atoms with Crippen molar-refractivity contribution in [3.8, 4) is 11.5 Å². The van der Waals surface area contributed by atoms with Crippen LogP contribution in [0.1, 0.15) is 16.7 Å². The maximum absolute atomic E-state index is 14.2. The van der Waals surface area contributed by atoms with Gasteiger partial charge in [-0.25, -0.2) is 4.39 Å². The summed E-state index contributed by atoms with van der Waals surface area (Å²) in [6, 6.07) is 16.5. The molecule has 3 aromatic carbocycles. The first-order chi connectivity index (χ1) is 17.7. The standard InChI is InChI=1S/C27H22ClFN2O5S/c1-16-5-3-6-18(11-16)30-25(32)15-36-22-10-9-17(12-23(22)35-2)13-24-26(33)31(27(34)37-24)14-19-20(28)7-4-8-21(19)29/h3-13H,14-15H2,1-2H3,(H,30,32). The molecule has 0 spiro atoms. The summed E-state index contributed by atoms with van der Waals surface area (Å²) in [7, 11) is 1.45. The number of methoxy groups -OCH3 is 1. The first-order valence-corrected chi connectivity index (χ1v) is 12.3. The van der Waals surface area contributed by atoms with Crippen LogP contribution in [-0.2, 0) is 16.1 Å². The van der Waals surface area contributed by atoms with Gasteiger partial charge in [-0.15, -0.1) is 0 Å². The van der Waals surface area contributed by atoms with Gasteiger partial charge < -0.3 is 14.8 Å². The second-order valence-corrected chi connectivity index (χ2v) is 9.49. The van der Waals surface area contributed by atoms with Gasteiger partial charge in [0.25, 0.3) is 17.1 Å². The van der Waals surface area contributed by atoms with Crippen LogP contribution in [-0.4, -0.2) is 35.7 Å². The van der Waals surface area contributed by atoms with Gasteiger partial charge in [-0.1, -0.05) is 35.9 Å². The molecule has 7 nitrogen and oxygen atoms in total. The van der Waals surface area contributed by atoms with E-state index >= 15 is 0 Å². The van der Waals surface area contributed by atoms with Crippen molar-refractivity contribution in [2.45, 2.75) is 13.5 Å².